The third-order valence-electron chi connectivity index (χ3n) is 4.31. The first kappa shape index (κ1) is 16.8. The number of rotatable bonds is 2. The van der Waals surface area contributed by atoms with Gasteiger partial charge in [-0.25, -0.2) is 4.99 Å². The van der Waals surface area contributed by atoms with Crippen LogP contribution in [0.25, 0.3) is 0 Å². The summed E-state index contributed by atoms with van der Waals surface area (Å²) < 4.78 is 0. The molecule has 0 bridgehead atoms. The summed E-state index contributed by atoms with van der Waals surface area (Å²) in [5.41, 5.74) is 11.4. The maximum absolute atomic E-state index is 11.0. The Balaban J connectivity index is 2.14. The van der Waals surface area contributed by atoms with E-state index in [0.29, 0.717) is 5.69 Å². The Bertz CT molecular complexity index is 758. The standard InChI is InChI=1S/C14H16Cl2N6O2/c15-8-7-11(22(23)24)9(16)6-10(8)21-13(18)19-12(17)20-14(21)4-2-1-3-5-14/h6-7H,1-5H2,(H4,17,18,19,20). The molecule has 2 aliphatic rings. The van der Waals surface area contributed by atoms with E-state index in [-0.39, 0.29) is 27.7 Å². The van der Waals surface area contributed by atoms with Gasteiger partial charge < -0.3 is 11.5 Å². The summed E-state index contributed by atoms with van der Waals surface area (Å²) in [5, 5.41) is 11.2. The molecule has 0 radical (unpaired) electrons. The van der Waals surface area contributed by atoms with Gasteiger partial charge in [-0.2, -0.15) is 4.99 Å². The molecule has 1 fully saturated rings. The van der Waals surface area contributed by atoms with Crippen molar-refractivity contribution in [2.24, 2.45) is 21.5 Å². The second kappa shape index (κ2) is 6.10. The van der Waals surface area contributed by atoms with Crippen molar-refractivity contribution in [3.8, 4) is 0 Å². The summed E-state index contributed by atoms with van der Waals surface area (Å²) in [7, 11) is 0. The Hall–Kier alpha value is -2.06. The van der Waals surface area contributed by atoms with Crippen molar-refractivity contribution in [2.45, 2.75) is 37.8 Å². The van der Waals surface area contributed by atoms with Gasteiger partial charge in [0, 0.05) is 6.07 Å². The molecule has 4 N–H and O–H groups in total. The fourth-order valence-corrected chi connectivity index (χ4v) is 3.78. The molecule has 1 spiro atoms. The molecule has 8 nitrogen and oxygen atoms in total. The molecule has 1 aliphatic heterocycles. The highest BCUT2D eigenvalue weighted by Gasteiger charge is 2.43. The van der Waals surface area contributed by atoms with Gasteiger partial charge in [0.2, 0.25) is 11.9 Å². The average molecular weight is 371 g/mol. The van der Waals surface area contributed by atoms with Crippen LogP contribution in [-0.2, 0) is 0 Å². The minimum Gasteiger partial charge on any atom is -0.369 e. The lowest BCUT2D eigenvalue weighted by molar-refractivity contribution is -0.384. The minimum absolute atomic E-state index is 0.0271. The summed E-state index contributed by atoms with van der Waals surface area (Å²) in [6, 6.07) is 2.64. The van der Waals surface area contributed by atoms with Gasteiger partial charge in [-0.15, -0.1) is 0 Å². The number of nitrogens with two attached hydrogens (primary N) is 2. The van der Waals surface area contributed by atoms with E-state index < -0.39 is 10.6 Å². The van der Waals surface area contributed by atoms with Gasteiger partial charge in [0.1, 0.15) is 10.7 Å². The molecule has 1 heterocycles. The van der Waals surface area contributed by atoms with Crippen LogP contribution in [0.3, 0.4) is 0 Å². The second-order valence-electron chi connectivity index (χ2n) is 5.83. The third kappa shape index (κ3) is 2.76. The molecule has 10 heteroatoms. The van der Waals surface area contributed by atoms with E-state index in [1.165, 1.54) is 12.1 Å². The van der Waals surface area contributed by atoms with Crippen LogP contribution < -0.4 is 16.4 Å². The number of halogens is 2. The molecule has 3 rings (SSSR count). The van der Waals surface area contributed by atoms with Crippen LogP contribution in [0.4, 0.5) is 11.4 Å². The maximum atomic E-state index is 11.0. The van der Waals surface area contributed by atoms with Crippen molar-refractivity contribution < 1.29 is 4.92 Å². The first-order chi connectivity index (χ1) is 11.3. The monoisotopic (exact) mass is 370 g/mol. The van der Waals surface area contributed by atoms with Crippen LogP contribution in [0.15, 0.2) is 22.1 Å². The molecule has 0 atom stereocenters. The lowest BCUT2D eigenvalue weighted by atomic mass is 9.87. The molecule has 24 heavy (non-hydrogen) atoms. The van der Waals surface area contributed by atoms with Crippen molar-refractivity contribution in [2.75, 3.05) is 4.90 Å². The van der Waals surface area contributed by atoms with Crippen LogP contribution in [0.5, 0.6) is 0 Å². The van der Waals surface area contributed by atoms with Crippen LogP contribution in [0.1, 0.15) is 32.1 Å². The lowest BCUT2D eigenvalue weighted by Gasteiger charge is -2.45. The van der Waals surface area contributed by atoms with E-state index in [1.807, 2.05) is 0 Å². The summed E-state index contributed by atoms with van der Waals surface area (Å²) in [6.07, 6.45) is 4.47. The van der Waals surface area contributed by atoms with E-state index in [0.717, 1.165) is 32.1 Å². The normalized spacial score (nSPS) is 19.8. The Morgan fingerprint density at radius 1 is 1.17 bits per heavy atom. The summed E-state index contributed by atoms with van der Waals surface area (Å²) in [5.74, 6) is 0.269. The fraction of sp³-hybridized carbons (Fsp3) is 0.429. The zero-order valence-corrected chi connectivity index (χ0v) is 14.2. The molecule has 0 aromatic heterocycles. The van der Waals surface area contributed by atoms with E-state index in [4.69, 9.17) is 34.7 Å². The van der Waals surface area contributed by atoms with E-state index in [1.54, 1.807) is 4.90 Å². The van der Waals surface area contributed by atoms with Crippen LogP contribution in [0, 0.1) is 10.1 Å². The number of nitrogens with zero attached hydrogens (tertiary/aromatic N) is 4. The van der Waals surface area contributed by atoms with Crippen molar-refractivity contribution in [1.82, 2.24) is 0 Å². The molecule has 0 saturated heterocycles. The van der Waals surface area contributed by atoms with Crippen LogP contribution in [0.2, 0.25) is 10.0 Å². The number of nitro groups is 1. The van der Waals surface area contributed by atoms with Crippen molar-refractivity contribution in [3.63, 3.8) is 0 Å². The van der Waals surface area contributed by atoms with Crippen molar-refractivity contribution in [3.05, 3.63) is 32.3 Å². The van der Waals surface area contributed by atoms with Gasteiger partial charge in [0.25, 0.3) is 5.69 Å². The highest BCUT2D eigenvalue weighted by Crippen LogP contribution is 2.44. The highest BCUT2D eigenvalue weighted by atomic mass is 35.5. The molecule has 1 aromatic rings. The highest BCUT2D eigenvalue weighted by molar-refractivity contribution is 6.37. The fourth-order valence-electron chi connectivity index (χ4n) is 3.31. The molecule has 1 aromatic carbocycles. The van der Waals surface area contributed by atoms with E-state index >= 15 is 0 Å². The molecule has 1 aliphatic carbocycles. The smallest absolute Gasteiger partial charge is 0.289 e. The number of benzene rings is 1. The number of guanidine groups is 2. The van der Waals surface area contributed by atoms with Gasteiger partial charge in [0.05, 0.1) is 15.6 Å². The van der Waals surface area contributed by atoms with E-state index in [2.05, 4.69) is 9.98 Å². The molecular weight excluding hydrogens is 355 g/mol. The SMILES string of the molecule is NC1=NC2(CCCCC2)N(c2cc(Cl)c([N+](=O)[O-])cc2Cl)C(N)=N1. The second-order valence-corrected chi connectivity index (χ2v) is 6.65. The molecule has 0 unspecified atom stereocenters. The predicted molar refractivity (Wildman–Crippen MR) is 94.7 cm³/mol. The van der Waals surface area contributed by atoms with E-state index in [9.17, 15) is 10.1 Å². The lowest BCUT2D eigenvalue weighted by Crippen LogP contribution is -2.58. The Morgan fingerprint density at radius 3 is 2.46 bits per heavy atom. The number of aliphatic imine (C=N–C) groups is 2. The van der Waals surface area contributed by atoms with Crippen LogP contribution in [-0.4, -0.2) is 22.5 Å². The topological polar surface area (TPSA) is 123 Å². The summed E-state index contributed by atoms with van der Waals surface area (Å²) >= 11 is 12.3. The number of anilines is 1. The first-order valence-electron chi connectivity index (χ1n) is 7.47. The van der Waals surface area contributed by atoms with Crippen LogP contribution >= 0.6 is 23.2 Å². The molecular formula is C14H16Cl2N6O2. The van der Waals surface area contributed by atoms with Gasteiger partial charge in [-0.3, -0.25) is 15.0 Å². The van der Waals surface area contributed by atoms with Crippen molar-refractivity contribution in [1.29, 1.82) is 0 Å². The Kier molecular flexibility index (Phi) is 4.27. The van der Waals surface area contributed by atoms with Gasteiger partial charge in [0.15, 0.2) is 0 Å². The Morgan fingerprint density at radius 2 is 1.83 bits per heavy atom. The van der Waals surface area contributed by atoms with Gasteiger partial charge in [-0.05, 0) is 31.7 Å². The minimum atomic E-state index is -0.683. The van der Waals surface area contributed by atoms with Gasteiger partial charge in [-0.1, -0.05) is 29.6 Å². The predicted octanol–water partition coefficient (Wildman–Crippen LogP) is 3.01. The molecule has 1 saturated carbocycles. The number of nitro benzene ring substituents is 1. The molecule has 128 valence electrons. The largest absolute Gasteiger partial charge is 0.369 e. The molecule has 0 amide bonds. The first-order valence-corrected chi connectivity index (χ1v) is 8.23. The van der Waals surface area contributed by atoms with Crippen molar-refractivity contribution >= 4 is 46.5 Å². The maximum Gasteiger partial charge on any atom is 0.289 e. The average Bonchev–Trinajstić information content (AvgIpc) is 2.50. The zero-order valence-electron chi connectivity index (χ0n) is 12.7. The third-order valence-corrected chi connectivity index (χ3v) is 4.91. The summed E-state index contributed by atoms with van der Waals surface area (Å²) in [6.45, 7) is 0. The number of hydrogen-bond donors (Lipinski definition) is 2. The number of hydrogen-bond acceptors (Lipinski definition) is 7. The quantitative estimate of drug-likeness (QED) is 0.611. The summed E-state index contributed by atoms with van der Waals surface area (Å²) in [4.78, 5) is 20.7. The van der Waals surface area contributed by atoms with Gasteiger partial charge >= 0.3 is 0 Å². The zero-order chi connectivity index (χ0) is 17.5. The Labute approximate surface area is 148 Å².